The Hall–Kier alpha value is -0.610. The first-order chi connectivity index (χ1) is 8.70. The molecule has 0 aliphatic carbocycles. The van der Waals surface area contributed by atoms with Crippen LogP contribution in [-0.2, 0) is 4.79 Å². The molecule has 2 atom stereocenters. The maximum absolute atomic E-state index is 12.4. The molecule has 2 rings (SSSR count). The largest absolute Gasteiger partial charge is 0.342 e. The number of rotatable bonds is 4. The van der Waals surface area contributed by atoms with E-state index in [-0.39, 0.29) is 5.92 Å². The highest BCUT2D eigenvalue weighted by Crippen LogP contribution is 2.21. The van der Waals surface area contributed by atoms with E-state index in [1.54, 1.807) is 0 Å². The highest BCUT2D eigenvalue weighted by molar-refractivity contribution is 5.79. The van der Waals surface area contributed by atoms with Gasteiger partial charge < -0.3 is 15.1 Å². The second-order valence-corrected chi connectivity index (χ2v) is 5.84. The highest BCUT2D eigenvalue weighted by atomic mass is 16.2. The summed E-state index contributed by atoms with van der Waals surface area (Å²) in [6, 6.07) is 0. The minimum atomic E-state index is 0.237. The van der Waals surface area contributed by atoms with E-state index in [4.69, 9.17) is 0 Å². The molecule has 0 spiro atoms. The van der Waals surface area contributed by atoms with Crippen molar-refractivity contribution in [2.45, 2.75) is 26.2 Å². The minimum Gasteiger partial charge on any atom is -0.342 e. The molecule has 0 aromatic heterocycles. The number of amides is 1. The summed E-state index contributed by atoms with van der Waals surface area (Å²) in [7, 11) is 2.16. The molecule has 2 unspecified atom stereocenters. The van der Waals surface area contributed by atoms with Crippen molar-refractivity contribution in [1.82, 2.24) is 15.1 Å². The van der Waals surface area contributed by atoms with Gasteiger partial charge in [-0.1, -0.05) is 6.92 Å². The van der Waals surface area contributed by atoms with Crippen LogP contribution in [0.2, 0.25) is 0 Å². The first kappa shape index (κ1) is 13.8. The van der Waals surface area contributed by atoms with Crippen molar-refractivity contribution >= 4 is 5.91 Å². The maximum atomic E-state index is 12.4. The molecule has 0 radical (unpaired) electrons. The molecule has 2 heterocycles. The lowest BCUT2D eigenvalue weighted by Gasteiger charge is -2.27. The van der Waals surface area contributed by atoms with Crippen molar-refractivity contribution < 1.29 is 4.79 Å². The standard InChI is InChI=1S/C14H27N3O/c1-3-16(2)10-12-6-8-17(11-12)14(18)13-5-4-7-15-9-13/h12-13,15H,3-11H2,1-2H3. The van der Waals surface area contributed by atoms with E-state index in [2.05, 4.69) is 29.1 Å². The molecule has 1 N–H and O–H groups in total. The Kier molecular flexibility index (Phi) is 5.01. The predicted molar refractivity (Wildman–Crippen MR) is 73.5 cm³/mol. The van der Waals surface area contributed by atoms with Crippen LogP contribution < -0.4 is 5.32 Å². The zero-order valence-corrected chi connectivity index (χ0v) is 11.8. The van der Waals surface area contributed by atoms with E-state index in [1.165, 1.54) is 6.42 Å². The Morgan fingerprint density at radius 2 is 2.28 bits per heavy atom. The molecule has 104 valence electrons. The topological polar surface area (TPSA) is 35.6 Å². The van der Waals surface area contributed by atoms with Crippen molar-refractivity contribution in [3.8, 4) is 0 Å². The normalized spacial score (nSPS) is 28.9. The monoisotopic (exact) mass is 253 g/mol. The minimum absolute atomic E-state index is 0.237. The fourth-order valence-electron chi connectivity index (χ4n) is 3.07. The third-order valence-corrected chi connectivity index (χ3v) is 4.35. The Morgan fingerprint density at radius 1 is 1.44 bits per heavy atom. The van der Waals surface area contributed by atoms with Gasteiger partial charge in [0.25, 0.3) is 0 Å². The van der Waals surface area contributed by atoms with Crippen LogP contribution in [0.15, 0.2) is 0 Å². The molecule has 4 nitrogen and oxygen atoms in total. The number of hydrogen-bond donors (Lipinski definition) is 1. The molecular weight excluding hydrogens is 226 g/mol. The molecule has 4 heteroatoms. The third-order valence-electron chi connectivity index (χ3n) is 4.35. The Balaban J connectivity index is 1.78. The predicted octanol–water partition coefficient (Wildman–Crippen LogP) is 0.786. The number of carbonyl (C=O) groups is 1. The van der Waals surface area contributed by atoms with Crippen molar-refractivity contribution in [2.75, 3.05) is 46.3 Å². The van der Waals surface area contributed by atoms with E-state index in [0.717, 1.165) is 52.1 Å². The van der Waals surface area contributed by atoms with Gasteiger partial charge in [-0.3, -0.25) is 4.79 Å². The van der Waals surface area contributed by atoms with Crippen molar-refractivity contribution in [1.29, 1.82) is 0 Å². The number of nitrogens with one attached hydrogen (secondary N) is 1. The van der Waals surface area contributed by atoms with E-state index in [0.29, 0.717) is 11.8 Å². The third kappa shape index (κ3) is 3.45. The molecule has 18 heavy (non-hydrogen) atoms. The molecule has 1 amide bonds. The Labute approximate surface area is 111 Å². The van der Waals surface area contributed by atoms with E-state index in [1.807, 2.05) is 0 Å². The average Bonchev–Trinajstić information content (AvgIpc) is 2.87. The van der Waals surface area contributed by atoms with Crippen LogP contribution in [-0.4, -0.2) is 62.0 Å². The van der Waals surface area contributed by atoms with Crippen LogP contribution in [0.1, 0.15) is 26.2 Å². The van der Waals surface area contributed by atoms with Gasteiger partial charge in [0.1, 0.15) is 0 Å². The zero-order valence-electron chi connectivity index (χ0n) is 11.8. The molecule has 2 aliphatic rings. The van der Waals surface area contributed by atoms with E-state index >= 15 is 0 Å². The molecule has 2 saturated heterocycles. The number of likely N-dealkylation sites (tertiary alicyclic amines) is 1. The molecular formula is C14H27N3O. The molecule has 0 bridgehead atoms. The maximum Gasteiger partial charge on any atom is 0.226 e. The fraction of sp³-hybridized carbons (Fsp3) is 0.929. The molecule has 0 aromatic carbocycles. The van der Waals surface area contributed by atoms with Gasteiger partial charge in [0, 0.05) is 26.2 Å². The lowest BCUT2D eigenvalue weighted by atomic mass is 9.98. The summed E-state index contributed by atoms with van der Waals surface area (Å²) in [6.07, 6.45) is 3.39. The first-order valence-corrected chi connectivity index (χ1v) is 7.38. The number of nitrogens with zero attached hydrogens (tertiary/aromatic N) is 2. The summed E-state index contributed by atoms with van der Waals surface area (Å²) in [4.78, 5) is 16.8. The fourth-order valence-corrected chi connectivity index (χ4v) is 3.07. The van der Waals surface area contributed by atoms with Crippen LogP contribution in [0.3, 0.4) is 0 Å². The summed E-state index contributed by atoms with van der Waals surface area (Å²) >= 11 is 0. The summed E-state index contributed by atoms with van der Waals surface area (Å²) in [6.45, 7) is 8.31. The summed E-state index contributed by atoms with van der Waals surface area (Å²) < 4.78 is 0. The zero-order chi connectivity index (χ0) is 13.0. The van der Waals surface area contributed by atoms with Crippen LogP contribution in [0.5, 0.6) is 0 Å². The lowest BCUT2D eigenvalue weighted by Crippen LogP contribution is -2.42. The average molecular weight is 253 g/mol. The van der Waals surface area contributed by atoms with Gasteiger partial charge in [-0.2, -0.15) is 0 Å². The van der Waals surface area contributed by atoms with Crippen LogP contribution in [0.25, 0.3) is 0 Å². The molecule has 0 saturated carbocycles. The second-order valence-electron chi connectivity index (χ2n) is 5.84. The van der Waals surface area contributed by atoms with Gasteiger partial charge in [0.05, 0.1) is 5.92 Å². The number of piperidine rings is 1. The molecule has 2 fully saturated rings. The molecule has 2 aliphatic heterocycles. The summed E-state index contributed by atoms with van der Waals surface area (Å²) in [5.74, 6) is 1.31. The Morgan fingerprint density at radius 3 is 2.94 bits per heavy atom. The van der Waals surface area contributed by atoms with Crippen molar-refractivity contribution in [3.05, 3.63) is 0 Å². The smallest absolute Gasteiger partial charge is 0.226 e. The van der Waals surface area contributed by atoms with E-state index < -0.39 is 0 Å². The van der Waals surface area contributed by atoms with Crippen molar-refractivity contribution in [2.24, 2.45) is 11.8 Å². The summed E-state index contributed by atoms with van der Waals surface area (Å²) in [5, 5.41) is 3.34. The number of carbonyl (C=O) groups excluding carboxylic acids is 1. The van der Waals surface area contributed by atoms with Gasteiger partial charge in [0.2, 0.25) is 5.91 Å². The number of hydrogen-bond acceptors (Lipinski definition) is 3. The van der Waals surface area contributed by atoms with Gasteiger partial charge in [-0.25, -0.2) is 0 Å². The van der Waals surface area contributed by atoms with E-state index in [9.17, 15) is 4.79 Å². The van der Waals surface area contributed by atoms with Crippen molar-refractivity contribution in [3.63, 3.8) is 0 Å². The van der Waals surface area contributed by atoms with Gasteiger partial charge in [-0.05, 0) is 45.3 Å². The summed E-state index contributed by atoms with van der Waals surface area (Å²) in [5.41, 5.74) is 0. The van der Waals surface area contributed by atoms with Crippen LogP contribution in [0, 0.1) is 11.8 Å². The Bertz CT molecular complexity index is 276. The SMILES string of the molecule is CCN(C)CC1CCN(C(=O)C2CCCNC2)C1. The molecule has 0 aromatic rings. The van der Waals surface area contributed by atoms with Crippen LogP contribution >= 0.6 is 0 Å². The quantitative estimate of drug-likeness (QED) is 0.804. The highest BCUT2D eigenvalue weighted by Gasteiger charge is 2.31. The van der Waals surface area contributed by atoms with Gasteiger partial charge >= 0.3 is 0 Å². The lowest BCUT2D eigenvalue weighted by molar-refractivity contribution is -0.135. The van der Waals surface area contributed by atoms with Crippen LogP contribution in [0.4, 0.5) is 0 Å². The first-order valence-electron chi connectivity index (χ1n) is 7.38. The van der Waals surface area contributed by atoms with Gasteiger partial charge in [0.15, 0.2) is 0 Å². The van der Waals surface area contributed by atoms with Gasteiger partial charge in [-0.15, -0.1) is 0 Å². The second kappa shape index (κ2) is 6.53.